The summed E-state index contributed by atoms with van der Waals surface area (Å²) in [6, 6.07) is 0. The normalized spacial score (nSPS) is 11.3. The lowest BCUT2D eigenvalue weighted by Gasteiger charge is -1.99. The van der Waals surface area contributed by atoms with Crippen molar-refractivity contribution in [1.82, 2.24) is 19.7 Å². The van der Waals surface area contributed by atoms with E-state index in [1.165, 1.54) is 5.01 Å². The van der Waals surface area contributed by atoms with Crippen LogP contribution in [0, 0.1) is 0 Å². The number of aromatic nitrogens is 4. The van der Waals surface area contributed by atoms with Gasteiger partial charge in [0.2, 0.25) is 5.95 Å². The Morgan fingerprint density at radius 3 is 2.76 bits per heavy atom. The summed E-state index contributed by atoms with van der Waals surface area (Å²) in [4.78, 5) is 4.57. The molecule has 7 heteroatoms. The Kier molecular flexibility index (Phi) is 3.68. The Balaban J connectivity index is 2.00. The summed E-state index contributed by atoms with van der Waals surface area (Å²) in [6.45, 7) is 4.30. The molecule has 0 unspecified atom stereocenters. The van der Waals surface area contributed by atoms with Gasteiger partial charge in [-0.3, -0.25) is 4.57 Å². The minimum absolute atomic E-state index is 0.439. The van der Waals surface area contributed by atoms with Crippen molar-refractivity contribution in [2.75, 3.05) is 5.73 Å². The second kappa shape index (κ2) is 5.05. The van der Waals surface area contributed by atoms with E-state index in [0.717, 1.165) is 16.6 Å². The highest BCUT2D eigenvalue weighted by atomic mass is 32.2. The molecule has 2 heterocycles. The van der Waals surface area contributed by atoms with Crippen molar-refractivity contribution >= 4 is 29.0 Å². The fraction of sp³-hybridized carbons (Fsp3) is 0.500. The van der Waals surface area contributed by atoms with Gasteiger partial charge < -0.3 is 5.73 Å². The van der Waals surface area contributed by atoms with Crippen LogP contribution >= 0.6 is 23.1 Å². The maximum atomic E-state index is 5.62. The summed E-state index contributed by atoms with van der Waals surface area (Å²) in [5, 5.41) is 11.9. The van der Waals surface area contributed by atoms with E-state index in [4.69, 9.17) is 5.73 Å². The van der Waals surface area contributed by atoms with Crippen molar-refractivity contribution in [3.05, 3.63) is 16.1 Å². The number of anilines is 1. The van der Waals surface area contributed by atoms with Crippen LogP contribution in [0.2, 0.25) is 0 Å². The maximum absolute atomic E-state index is 5.62. The van der Waals surface area contributed by atoms with Gasteiger partial charge in [-0.2, -0.15) is 0 Å². The van der Waals surface area contributed by atoms with Gasteiger partial charge in [0.05, 0.1) is 10.7 Å². The number of nitrogens with two attached hydrogens (primary N) is 1. The second-order valence-corrected chi connectivity index (χ2v) is 5.85. The lowest BCUT2D eigenvalue weighted by Crippen LogP contribution is -1.98. The van der Waals surface area contributed by atoms with Gasteiger partial charge in [0, 0.05) is 24.1 Å². The molecule has 2 rings (SSSR count). The van der Waals surface area contributed by atoms with E-state index in [9.17, 15) is 0 Å². The van der Waals surface area contributed by atoms with Gasteiger partial charge in [-0.25, -0.2) is 4.98 Å². The Morgan fingerprint density at radius 2 is 2.24 bits per heavy atom. The first-order valence-electron chi connectivity index (χ1n) is 5.30. The molecule has 0 aliphatic heterocycles. The molecule has 0 bridgehead atoms. The van der Waals surface area contributed by atoms with E-state index in [0.29, 0.717) is 11.9 Å². The number of thioether (sulfide) groups is 1. The van der Waals surface area contributed by atoms with E-state index in [1.54, 1.807) is 27.7 Å². The molecule has 92 valence electrons. The summed E-state index contributed by atoms with van der Waals surface area (Å²) in [5.41, 5.74) is 6.70. The van der Waals surface area contributed by atoms with Crippen LogP contribution in [-0.4, -0.2) is 19.7 Å². The highest BCUT2D eigenvalue weighted by molar-refractivity contribution is 7.98. The number of hydrogen-bond acceptors (Lipinski definition) is 6. The van der Waals surface area contributed by atoms with Gasteiger partial charge in [0.25, 0.3) is 0 Å². The van der Waals surface area contributed by atoms with E-state index < -0.39 is 0 Å². The van der Waals surface area contributed by atoms with Crippen LogP contribution < -0.4 is 5.73 Å². The Bertz CT molecular complexity index is 503. The van der Waals surface area contributed by atoms with Crippen LogP contribution in [0.1, 0.15) is 30.5 Å². The van der Waals surface area contributed by atoms with Crippen molar-refractivity contribution in [2.45, 2.75) is 30.7 Å². The Hall–Kier alpha value is -1.08. The molecule has 0 radical (unpaired) electrons. The van der Waals surface area contributed by atoms with Crippen LogP contribution in [0.3, 0.4) is 0 Å². The van der Waals surface area contributed by atoms with Gasteiger partial charge in [0.1, 0.15) is 0 Å². The molecule has 17 heavy (non-hydrogen) atoms. The molecule has 0 aliphatic rings. The molecule has 0 amide bonds. The van der Waals surface area contributed by atoms with Gasteiger partial charge in [-0.1, -0.05) is 25.6 Å². The first kappa shape index (κ1) is 12.4. The number of nitrogen functional groups attached to an aromatic ring is 1. The monoisotopic (exact) mass is 269 g/mol. The Morgan fingerprint density at radius 1 is 1.47 bits per heavy atom. The minimum atomic E-state index is 0.439. The quantitative estimate of drug-likeness (QED) is 0.862. The smallest absolute Gasteiger partial charge is 0.222 e. The Labute approximate surface area is 108 Å². The number of thiazole rings is 1. The van der Waals surface area contributed by atoms with Crippen molar-refractivity contribution in [3.63, 3.8) is 0 Å². The molecule has 2 N–H and O–H groups in total. The van der Waals surface area contributed by atoms with Crippen LogP contribution in [-0.2, 0) is 12.8 Å². The molecule has 0 fully saturated rings. The largest absolute Gasteiger partial charge is 0.368 e. The van der Waals surface area contributed by atoms with E-state index >= 15 is 0 Å². The number of rotatable bonds is 4. The number of hydrogen-bond donors (Lipinski definition) is 1. The zero-order valence-corrected chi connectivity index (χ0v) is 11.7. The lowest BCUT2D eigenvalue weighted by atomic mass is 10.2. The summed E-state index contributed by atoms with van der Waals surface area (Å²) in [6.07, 6.45) is 0. The summed E-state index contributed by atoms with van der Waals surface area (Å²) >= 11 is 3.31. The highest BCUT2D eigenvalue weighted by Gasteiger charge is 2.09. The molecule has 0 aromatic carbocycles. The van der Waals surface area contributed by atoms with E-state index in [1.807, 2.05) is 7.05 Å². The average molecular weight is 269 g/mol. The summed E-state index contributed by atoms with van der Waals surface area (Å²) in [5.74, 6) is 1.73. The van der Waals surface area contributed by atoms with Gasteiger partial charge in [-0.15, -0.1) is 21.5 Å². The molecule has 0 saturated carbocycles. The molecule has 5 nitrogen and oxygen atoms in total. The molecule has 2 aromatic heterocycles. The van der Waals surface area contributed by atoms with E-state index in [-0.39, 0.29) is 0 Å². The maximum Gasteiger partial charge on any atom is 0.222 e. The third kappa shape index (κ3) is 2.78. The first-order valence-corrected chi connectivity index (χ1v) is 7.16. The summed E-state index contributed by atoms with van der Waals surface area (Å²) in [7, 11) is 1.86. The standard InChI is InChI=1S/C10H15N5S2/c1-6(2)8-12-7(4-16-8)5-17-10-14-13-9(11)15(10)3/h4,6H,5H2,1-3H3,(H2,11,13). The van der Waals surface area contributed by atoms with E-state index in [2.05, 4.69) is 34.4 Å². The topological polar surface area (TPSA) is 69.6 Å². The lowest BCUT2D eigenvalue weighted by molar-refractivity contribution is 0.795. The SMILES string of the molecule is CC(C)c1nc(CSc2nnc(N)n2C)cs1. The van der Waals surface area contributed by atoms with Crippen molar-refractivity contribution in [2.24, 2.45) is 7.05 Å². The van der Waals surface area contributed by atoms with Gasteiger partial charge >= 0.3 is 0 Å². The predicted octanol–water partition coefficient (Wildman–Crippen LogP) is 2.27. The molecule has 0 aliphatic carbocycles. The van der Waals surface area contributed by atoms with Crippen molar-refractivity contribution in [1.29, 1.82) is 0 Å². The third-order valence-corrected chi connectivity index (χ3v) is 4.53. The van der Waals surface area contributed by atoms with Gasteiger partial charge in [-0.05, 0) is 0 Å². The molecular formula is C10H15N5S2. The van der Waals surface area contributed by atoms with Gasteiger partial charge in [0.15, 0.2) is 5.16 Å². The minimum Gasteiger partial charge on any atom is -0.368 e. The molecule has 0 spiro atoms. The summed E-state index contributed by atoms with van der Waals surface area (Å²) < 4.78 is 1.78. The van der Waals surface area contributed by atoms with Crippen LogP contribution in [0.25, 0.3) is 0 Å². The molecule has 0 atom stereocenters. The van der Waals surface area contributed by atoms with Crippen LogP contribution in [0.15, 0.2) is 10.5 Å². The molecule has 0 saturated heterocycles. The fourth-order valence-electron chi connectivity index (χ4n) is 1.24. The average Bonchev–Trinajstić information content (AvgIpc) is 2.86. The molecular weight excluding hydrogens is 254 g/mol. The van der Waals surface area contributed by atoms with Crippen LogP contribution in [0.4, 0.5) is 5.95 Å². The number of nitrogens with zero attached hydrogens (tertiary/aromatic N) is 4. The zero-order valence-electron chi connectivity index (χ0n) is 10.0. The van der Waals surface area contributed by atoms with Crippen molar-refractivity contribution < 1.29 is 0 Å². The fourth-order valence-corrected chi connectivity index (χ4v) is 3.00. The van der Waals surface area contributed by atoms with Crippen LogP contribution in [0.5, 0.6) is 0 Å². The highest BCUT2D eigenvalue weighted by Crippen LogP contribution is 2.25. The predicted molar refractivity (Wildman–Crippen MR) is 71.2 cm³/mol. The first-order chi connectivity index (χ1) is 8.08. The second-order valence-electron chi connectivity index (χ2n) is 4.02. The molecule has 2 aromatic rings. The van der Waals surface area contributed by atoms with Crippen molar-refractivity contribution in [3.8, 4) is 0 Å². The third-order valence-electron chi connectivity index (χ3n) is 2.28. The zero-order chi connectivity index (χ0) is 12.4.